The summed E-state index contributed by atoms with van der Waals surface area (Å²) in [6.45, 7) is 1.18. The Morgan fingerprint density at radius 1 is 1.38 bits per heavy atom. The van der Waals surface area contributed by atoms with Gasteiger partial charge in [0.15, 0.2) is 5.82 Å². The van der Waals surface area contributed by atoms with Gasteiger partial charge in [-0.05, 0) is 5.56 Å². The normalized spacial score (nSPS) is 12.1. The minimum absolute atomic E-state index is 0.00502. The second kappa shape index (κ2) is 7.56. The van der Waals surface area contributed by atoms with Crippen molar-refractivity contribution in [2.45, 2.75) is 19.1 Å². The summed E-state index contributed by atoms with van der Waals surface area (Å²) in [6.07, 6.45) is 0.943. The molecule has 6 nitrogen and oxygen atoms in total. The zero-order valence-electron chi connectivity index (χ0n) is 11.9. The number of aliphatic hydroxyl groups excluding tert-OH is 1. The number of anilines is 1. The van der Waals surface area contributed by atoms with Crippen molar-refractivity contribution in [3.05, 3.63) is 48.2 Å². The lowest BCUT2D eigenvalue weighted by Crippen LogP contribution is -2.16. The van der Waals surface area contributed by atoms with Crippen LogP contribution in [0, 0.1) is 0 Å². The van der Waals surface area contributed by atoms with Crippen LogP contribution in [0.2, 0.25) is 0 Å². The minimum Gasteiger partial charge on any atom is -0.388 e. The number of hydrogen-bond donors (Lipinski definition) is 2. The number of nitrogens with one attached hydrogen (secondary N) is 1. The molecular formula is C15H19N3O3. The number of benzene rings is 1. The summed E-state index contributed by atoms with van der Waals surface area (Å²) >= 11 is 0. The first-order valence-electron chi connectivity index (χ1n) is 6.74. The molecule has 112 valence electrons. The molecule has 1 atom stereocenters. The van der Waals surface area contributed by atoms with E-state index in [4.69, 9.17) is 4.74 Å². The topological polar surface area (TPSA) is 76.4 Å². The molecule has 0 saturated heterocycles. The third-order valence-corrected chi connectivity index (χ3v) is 3.00. The van der Waals surface area contributed by atoms with Gasteiger partial charge in [0, 0.05) is 19.4 Å². The van der Waals surface area contributed by atoms with Crippen molar-refractivity contribution in [1.29, 1.82) is 0 Å². The summed E-state index contributed by atoms with van der Waals surface area (Å²) in [6, 6.07) is 10.8. The van der Waals surface area contributed by atoms with Crippen molar-refractivity contribution in [3.8, 4) is 0 Å². The van der Waals surface area contributed by atoms with Crippen molar-refractivity contribution in [3.63, 3.8) is 0 Å². The Kier molecular flexibility index (Phi) is 5.48. The highest BCUT2D eigenvalue weighted by Gasteiger charge is 2.13. The second-order valence-electron chi connectivity index (χ2n) is 4.64. The summed E-state index contributed by atoms with van der Waals surface area (Å²) in [5, 5.41) is 16.8. The number of carbonyl (C=O) groups is 1. The fraction of sp³-hybridized carbons (Fsp3) is 0.333. The summed E-state index contributed by atoms with van der Waals surface area (Å²) in [5.41, 5.74) is 0.721. The molecule has 2 rings (SSSR count). The number of aromatic nitrogens is 2. The molecule has 2 N–H and O–H groups in total. The number of hydrogen-bond acceptors (Lipinski definition) is 4. The summed E-state index contributed by atoms with van der Waals surface area (Å²) in [7, 11) is 1.62. The highest BCUT2D eigenvalue weighted by Crippen LogP contribution is 2.16. The fourth-order valence-corrected chi connectivity index (χ4v) is 1.90. The monoisotopic (exact) mass is 289 g/mol. The van der Waals surface area contributed by atoms with Crippen LogP contribution in [0.4, 0.5) is 5.82 Å². The summed E-state index contributed by atoms with van der Waals surface area (Å²) in [5.74, 6) is 0.194. The number of methoxy groups -OCH3 is 1. The predicted molar refractivity (Wildman–Crippen MR) is 78.8 cm³/mol. The van der Waals surface area contributed by atoms with Crippen LogP contribution in [-0.4, -0.2) is 34.5 Å². The molecule has 0 aliphatic carbocycles. The largest absolute Gasteiger partial charge is 0.388 e. The van der Waals surface area contributed by atoms with Crippen molar-refractivity contribution < 1.29 is 14.6 Å². The van der Waals surface area contributed by atoms with E-state index in [2.05, 4.69) is 10.4 Å². The number of aliphatic hydroxyl groups is 1. The molecule has 21 heavy (non-hydrogen) atoms. The Bertz CT molecular complexity index is 569. The van der Waals surface area contributed by atoms with Crippen LogP contribution >= 0.6 is 0 Å². The first kappa shape index (κ1) is 15.2. The van der Waals surface area contributed by atoms with E-state index < -0.39 is 6.10 Å². The first-order chi connectivity index (χ1) is 10.2. The van der Waals surface area contributed by atoms with Gasteiger partial charge in [-0.3, -0.25) is 9.48 Å². The molecule has 0 radical (unpaired) electrons. The molecule has 6 heteroatoms. The van der Waals surface area contributed by atoms with E-state index in [1.807, 2.05) is 18.2 Å². The highest BCUT2D eigenvalue weighted by molar-refractivity contribution is 5.90. The number of ether oxygens (including phenoxy) is 1. The van der Waals surface area contributed by atoms with Gasteiger partial charge in [0.05, 0.1) is 25.7 Å². The lowest BCUT2D eigenvalue weighted by Gasteiger charge is -2.10. The number of rotatable bonds is 7. The molecule has 0 bridgehead atoms. The molecule has 1 amide bonds. The minimum atomic E-state index is -0.818. The van der Waals surface area contributed by atoms with Gasteiger partial charge >= 0.3 is 0 Å². The molecular weight excluding hydrogens is 270 g/mol. The Labute approximate surface area is 123 Å². The summed E-state index contributed by atoms with van der Waals surface area (Å²) < 4.78 is 6.64. The molecule has 1 aromatic carbocycles. The van der Waals surface area contributed by atoms with Gasteiger partial charge in [-0.15, -0.1) is 0 Å². The molecule has 1 aromatic heterocycles. The molecule has 0 aliphatic heterocycles. The zero-order valence-corrected chi connectivity index (χ0v) is 11.9. The average molecular weight is 289 g/mol. The molecule has 0 spiro atoms. The van der Waals surface area contributed by atoms with Gasteiger partial charge in [0.2, 0.25) is 5.91 Å². The van der Waals surface area contributed by atoms with Crippen LogP contribution in [0.1, 0.15) is 18.1 Å². The predicted octanol–water partition coefficient (Wildman–Crippen LogP) is 1.59. The maximum Gasteiger partial charge on any atom is 0.228 e. The number of carbonyl (C=O) groups excluding carboxylic acids is 1. The van der Waals surface area contributed by atoms with Gasteiger partial charge in [-0.2, -0.15) is 5.10 Å². The Balaban J connectivity index is 1.85. The molecule has 2 aromatic rings. The van der Waals surface area contributed by atoms with Gasteiger partial charge in [-0.25, -0.2) is 0 Å². The van der Waals surface area contributed by atoms with Crippen LogP contribution in [0.3, 0.4) is 0 Å². The van der Waals surface area contributed by atoms with Crippen LogP contribution in [-0.2, 0) is 16.1 Å². The van der Waals surface area contributed by atoms with Gasteiger partial charge in [0.25, 0.3) is 0 Å². The maximum absolute atomic E-state index is 11.9. The van der Waals surface area contributed by atoms with Crippen molar-refractivity contribution >= 4 is 11.7 Å². The van der Waals surface area contributed by atoms with E-state index in [-0.39, 0.29) is 12.3 Å². The van der Waals surface area contributed by atoms with E-state index in [1.54, 1.807) is 36.2 Å². The quantitative estimate of drug-likeness (QED) is 0.811. The van der Waals surface area contributed by atoms with Crippen molar-refractivity contribution in [1.82, 2.24) is 9.78 Å². The molecule has 0 saturated carbocycles. The standard InChI is InChI=1S/C15H19N3O3/c1-21-10-9-18-8-7-14(17-18)16-15(20)11-13(19)12-5-3-2-4-6-12/h2-8,13,19H,9-11H2,1H3,(H,16,17,20). The molecule has 0 aliphatic rings. The first-order valence-corrected chi connectivity index (χ1v) is 6.74. The van der Waals surface area contributed by atoms with E-state index in [0.717, 1.165) is 5.56 Å². The Hall–Kier alpha value is -2.18. The van der Waals surface area contributed by atoms with E-state index in [0.29, 0.717) is 19.0 Å². The van der Waals surface area contributed by atoms with Crippen LogP contribution in [0.15, 0.2) is 42.6 Å². The van der Waals surface area contributed by atoms with Crippen LogP contribution < -0.4 is 5.32 Å². The van der Waals surface area contributed by atoms with E-state index in [9.17, 15) is 9.90 Å². The second-order valence-corrected chi connectivity index (χ2v) is 4.64. The van der Waals surface area contributed by atoms with Crippen molar-refractivity contribution in [2.24, 2.45) is 0 Å². The Morgan fingerprint density at radius 3 is 2.86 bits per heavy atom. The maximum atomic E-state index is 11.9. The lowest BCUT2D eigenvalue weighted by molar-refractivity contribution is -0.118. The average Bonchev–Trinajstić information content (AvgIpc) is 2.93. The van der Waals surface area contributed by atoms with Gasteiger partial charge in [-0.1, -0.05) is 30.3 Å². The molecule has 0 fully saturated rings. The Morgan fingerprint density at radius 2 is 2.14 bits per heavy atom. The summed E-state index contributed by atoms with van der Waals surface area (Å²) in [4.78, 5) is 11.9. The third kappa shape index (κ3) is 4.70. The van der Waals surface area contributed by atoms with Crippen molar-refractivity contribution in [2.75, 3.05) is 19.0 Å². The molecule has 1 unspecified atom stereocenters. The smallest absolute Gasteiger partial charge is 0.228 e. The SMILES string of the molecule is COCCn1ccc(NC(=O)CC(O)c2ccccc2)n1. The number of nitrogens with zero attached hydrogens (tertiary/aromatic N) is 2. The lowest BCUT2D eigenvalue weighted by atomic mass is 10.1. The third-order valence-electron chi connectivity index (χ3n) is 3.00. The van der Waals surface area contributed by atoms with Crippen LogP contribution in [0.25, 0.3) is 0 Å². The van der Waals surface area contributed by atoms with Crippen LogP contribution in [0.5, 0.6) is 0 Å². The van der Waals surface area contributed by atoms with E-state index >= 15 is 0 Å². The fourth-order valence-electron chi connectivity index (χ4n) is 1.90. The molecule has 1 heterocycles. The number of amides is 1. The zero-order chi connectivity index (χ0) is 15.1. The van der Waals surface area contributed by atoms with E-state index in [1.165, 1.54) is 0 Å². The van der Waals surface area contributed by atoms with Gasteiger partial charge in [0.1, 0.15) is 0 Å². The van der Waals surface area contributed by atoms with Gasteiger partial charge < -0.3 is 15.2 Å². The highest BCUT2D eigenvalue weighted by atomic mass is 16.5.